The fraction of sp³-hybridized carbons (Fsp3) is 0.242. The molecule has 4 rings (SSSR count). The smallest absolute Gasteiger partial charge is 0.270 e. The van der Waals surface area contributed by atoms with Crippen LogP contribution in [-0.2, 0) is 0 Å². The SMILES string of the molecule is CC=CCCC(=CC)C(C)(C)NC(=O)c1ccc(Cl)c(-c2ccc3nc(-c4ccc(F)cc4)c(C(=O)NC)n3c2)c1. The molecule has 0 radical (unpaired) electrons. The molecule has 0 aliphatic heterocycles. The van der Waals surface area contributed by atoms with Gasteiger partial charge >= 0.3 is 0 Å². The zero-order chi connectivity index (χ0) is 29.7. The summed E-state index contributed by atoms with van der Waals surface area (Å²) in [6.07, 6.45) is 9.71. The summed E-state index contributed by atoms with van der Waals surface area (Å²) in [6.45, 7) is 7.98. The maximum atomic E-state index is 13.6. The Balaban J connectivity index is 1.72. The number of carbonyl (C=O) groups is 2. The Bertz CT molecular complexity index is 1650. The average Bonchev–Trinajstić information content (AvgIpc) is 3.34. The number of imidazole rings is 1. The van der Waals surface area contributed by atoms with Gasteiger partial charge in [0.2, 0.25) is 0 Å². The molecule has 0 saturated carbocycles. The fourth-order valence-electron chi connectivity index (χ4n) is 4.90. The number of fused-ring (bicyclic) bond motifs is 1. The normalized spacial score (nSPS) is 12.2. The van der Waals surface area contributed by atoms with Crippen LogP contribution in [0.5, 0.6) is 0 Å². The highest BCUT2D eigenvalue weighted by Gasteiger charge is 2.26. The Morgan fingerprint density at radius 1 is 1.02 bits per heavy atom. The molecule has 2 amide bonds. The summed E-state index contributed by atoms with van der Waals surface area (Å²) >= 11 is 6.62. The van der Waals surface area contributed by atoms with E-state index in [1.807, 2.05) is 39.8 Å². The van der Waals surface area contributed by atoms with E-state index < -0.39 is 5.54 Å². The highest BCUT2D eigenvalue weighted by molar-refractivity contribution is 6.33. The molecule has 0 spiro atoms. The number of nitrogens with one attached hydrogen (secondary N) is 2. The Morgan fingerprint density at radius 2 is 1.73 bits per heavy atom. The van der Waals surface area contributed by atoms with Crippen molar-refractivity contribution in [2.45, 2.75) is 46.1 Å². The predicted molar refractivity (Wildman–Crippen MR) is 164 cm³/mol. The van der Waals surface area contributed by atoms with Crippen LogP contribution in [0.2, 0.25) is 5.02 Å². The van der Waals surface area contributed by atoms with Gasteiger partial charge in [0.1, 0.15) is 22.9 Å². The van der Waals surface area contributed by atoms with Crippen molar-refractivity contribution in [3.05, 3.63) is 107 Å². The van der Waals surface area contributed by atoms with Crippen LogP contribution in [0.25, 0.3) is 28.0 Å². The second-order valence-electron chi connectivity index (χ2n) is 10.2. The van der Waals surface area contributed by atoms with E-state index in [0.717, 1.165) is 18.4 Å². The van der Waals surface area contributed by atoms with Crippen molar-refractivity contribution in [1.82, 2.24) is 20.0 Å². The molecule has 0 fully saturated rings. The first kappa shape index (κ1) is 29.7. The third-order valence-electron chi connectivity index (χ3n) is 7.11. The van der Waals surface area contributed by atoms with E-state index in [0.29, 0.717) is 44.3 Å². The van der Waals surface area contributed by atoms with Crippen LogP contribution in [0.3, 0.4) is 0 Å². The molecule has 8 heteroatoms. The van der Waals surface area contributed by atoms with E-state index in [4.69, 9.17) is 11.6 Å². The molecule has 4 aromatic rings. The molecule has 41 heavy (non-hydrogen) atoms. The van der Waals surface area contributed by atoms with Crippen molar-refractivity contribution in [2.75, 3.05) is 7.05 Å². The molecular weight excluding hydrogens is 539 g/mol. The third kappa shape index (κ3) is 6.41. The number of halogens is 2. The van der Waals surface area contributed by atoms with E-state index in [2.05, 4.69) is 27.8 Å². The lowest BCUT2D eigenvalue weighted by Crippen LogP contribution is -2.45. The quantitative estimate of drug-likeness (QED) is 0.202. The van der Waals surface area contributed by atoms with E-state index in [1.54, 1.807) is 54.0 Å². The zero-order valence-electron chi connectivity index (χ0n) is 23.9. The monoisotopic (exact) mass is 572 g/mol. The molecule has 2 aromatic heterocycles. The second-order valence-corrected chi connectivity index (χ2v) is 10.6. The molecule has 2 N–H and O–H groups in total. The van der Waals surface area contributed by atoms with Gasteiger partial charge in [-0.15, -0.1) is 0 Å². The number of aromatic nitrogens is 2. The first-order chi connectivity index (χ1) is 19.6. The summed E-state index contributed by atoms with van der Waals surface area (Å²) in [5, 5.41) is 6.29. The lowest BCUT2D eigenvalue weighted by molar-refractivity contribution is 0.0921. The van der Waals surface area contributed by atoms with Crippen LogP contribution in [0, 0.1) is 5.82 Å². The highest BCUT2D eigenvalue weighted by atomic mass is 35.5. The Morgan fingerprint density at radius 3 is 2.39 bits per heavy atom. The van der Waals surface area contributed by atoms with Gasteiger partial charge in [-0.1, -0.05) is 29.8 Å². The van der Waals surface area contributed by atoms with Gasteiger partial charge in [-0.3, -0.25) is 14.0 Å². The fourth-order valence-corrected chi connectivity index (χ4v) is 5.12. The molecular formula is C33H34ClFN4O2. The summed E-state index contributed by atoms with van der Waals surface area (Å²) < 4.78 is 15.2. The molecule has 6 nitrogen and oxygen atoms in total. The van der Waals surface area contributed by atoms with Gasteiger partial charge in [0.25, 0.3) is 11.8 Å². The van der Waals surface area contributed by atoms with Gasteiger partial charge in [-0.25, -0.2) is 9.37 Å². The standard InChI is InChI=1S/C33H34ClFN4O2/c1-6-8-9-10-24(7-2)33(3,4)38-31(40)22-13-17-27(34)26(19-22)23-14-18-28-37-29(21-11-15-25(35)16-12-21)30(32(41)36-5)39(28)20-23/h6-8,11-20H,9-10H2,1-5H3,(H,36,41)(H,38,40). The maximum absolute atomic E-state index is 13.6. The Hall–Kier alpha value is -4.23. The number of hydrogen-bond acceptors (Lipinski definition) is 3. The number of carbonyl (C=O) groups excluding carboxylic acids is 2. The number of allylic oxidation sites excluding steroid dienone is 3. The minimum Gasteiger partial charge on any atom is -0.354 e. The molecule has 2 heterocycles. The van der Waals surface area contributed by atoms with Crippen LogP contribution in [-0.4, -0.2) is 33.8 Å². The van der Waals surface area contributed by atoms with Crippen molar-refractivity contribution >= 4 is 29.1 Å². The van der Waals surface area contributed by atoms with Crippen molar-refractivity contribution in [3.8, 4) is 22.4 Å². The van der Waals surface area contributed by atoms with Gasteiger partial charge in [-0.05, 0) is 106 Å². The largest absolute Gasteiger partial charge is 0.354 e. The van der Waals surface area contributed by atoms with Crippen LogP contribution >= 0.6 is 11.6 Å². The lowest BCUT2D eigenvalue weighted by Gasteiger charge is -2.30. The van der Waals surface area contributed by atoms with Crippen molar-refractivity contribution in [3.63, 3.8) is 0 Å². The molecule has 0 saturated heterocycles. The molecule has 212 valence electrons. The number of pyridine rings is 1. The molecule has 2 aromatic carbocycles. The van der Waals surface area contributed by atoms with Crippen LogP contribution in [0.1, 0.15) is 61.4 Å². The number of benzene rings is 2. The minimum absolute atomic E-state index is 0.216. The van der Waals surface area contributed by atoms with Gasteiger partial charge < -0.3 is 10.6 Å². The maximum Gasteiger partial charge on any atom is 0.270 e. The number of nitrogens with zero attached hydrogens (tertiary/aromatic N) is 2. The number of hydrogen-bond donors (Lipinski definition) is 2. The van der Waals surface area contributed by atoms with E-state index in [9.17, 15) is 14.0 Å². The first-order valence-corrected chi connectivity index (χ1v) is 13.9. The summed E-state index contributed by atoms with van der Waals surface area (Å²) in [6, 6.07) is 14.6. The molecule has 0 aliphatic carbocycles. The number of rotatable bonds is 9. The number of amides is 2. The van der Waals surface area contributed by atoms with Crippen molar-refractivity contribution < 1.29 is 14.0 Å². The van der Waals surface area contributed by atoms with E-state index in [1.165, 1.54) is 12.1 Å². The van der Waals surface area contributed by atoms with Crippen molar-refractivity contribution in [2.24, 2.45) is 0 Å². The molecule has 0 bridgehead atoms. The lowest BCUT2D eigenvalue weighted by atomic mass is 9.89. The topological polar surface area (TPSA) is 75.5 Å². The van der Waals surface area contributed by atoms with Crippen LogP contribution < -0.4 is 10.6 Å². The summed E-state index contributed by atoms with van der Waals surface area (Å²) in [5.74, 6) is -0.935. The predicted octanol–water partition coefficient (Wildman–Crippen LogP) is 7.63. The Kier molecular flexibility index (Phi) is 9.08. The summed E-state index contributed by atoms with van der Waals surface area (Å²) in [4.78, 5) is 31.0. The van der Waals surface area contributed by atoms with E-state index in [-0.39, 0.29) is 17.6 Å². The van der Waals surface area contributed by atoms with Gasteiger partial charge in [-0.2, -0.15) is 0 Å². The molecule has 0 atom stereocenters. The first-order valence-electron chi connectivity index (χ1n) is 13.5. The van der Waals surface area contributed by atoms with Gasteiger partial charge in [0.05, 0.1) is 5.54 Å². The third-order valence-corrected chi connectivity index (χ3v) is 7.44. The van der Waals surface area contributed by atoms with Gasteiger partial charge in [0, 0.05) is 35.0 Å². The summed E-state index contributed by atoms with van der Waals surface area (Å²) in [5.41, 5.74) is 4.28. The molecule has 0 aliphatic rings. The van der Waals surface area contributed by atoms with Crippen molar-refractivity contribution in [1.29, 1.82) is 0 Å². The Labute approximate surface area is 245 Å². The van der Waals surface area contributed by atoms with Crippen LogP contribution in [0.4, 0.5) is 4.39 Å². The average molecular weight is 573 g/mol. The second kappa shape index (κ2) is 12.5. The van der Waals surface area contributed by atoms with E-state index >= 15 is 0 Å². The molecule has 0 unspecified atom stereocenters. The zero-order valence-corrected chi connectivity index (χ0v) is 24.6. The summed E-state index contributed by atoms with van der Waals surface area (Å²) in [7, 11) is 1.54. The van der Waals surface area contributed by atoms with Gasteiger partial charge in [0.15, 0.2) is 0 Å². The minimum atomic E-state index is -0.540. The van der Waals surface area contributed by atoms with Crippen LogP contribution in [0.15, 0.2) is 84.6 Å². The highest BCUT2D eigenvalue weighted by Crippen LogP contribution is 2.32.